The second kappa shape index (κ2) is 3.74. The van der Waals surface area contributed by atoms with Gasteiger partial charge < -0.3 is 9.47 Å². The molecular formula is C13H22O2. The standard InChI is InChI=1S/C13H22O2/c1-14-13(7-3-2-4-8-13)11-9-10-5-6-12(11)15-10/h10-12H,2-9H2,1H3. The van der Waals surface area contributed by atoms with Gasteiger partial charge in [0.15, 0.2) is 0 Å². The van der Waals surface area contributed by atoms with Crippen molar-refractivity contribution in [3.8, 4) is 0 Å². The van der Waals surface area contributed by atoms with Gasteiger partial charge in [-0.25, -0.2) is 0 Å². The average molecular weight is 210 g/mol. The second-order valence-electron chi connectivity index (χ2n) is 5.55. The molecule has 3 fully saturated rings. The fourth-order valence-electron chi connectivity index (χ4n) is 4.07. The fourth-order valence-corrected chi connectivity index (χ4v) is 4.07. The van der Waals surface area contributed by atoms with Crippen LogP contribution in [0.25, 0.3) is 0 Å². The largest absolute Gasteiger partial charge is 0.378 e. The molecule has 0 aromatic carbocycles. The zero-order chi connectivity index (χ0) is 10.3. The Morgan fingerprint density at radius 3 is 2.47 bits per heavy atom. The third kappa shape index (κ3) is 1.53. The summed E-state index contributed by atoms with van der Waals surface area (Å²) < 4.78 is 11.9. The van der Waals surface area contributed by atoms with E-state index in [4.69, 9.17) is 9.47 Å². The SMILES string of the molecule is COC1(C2CC3CCC2O3)CCCCC1. The molecule has 3 rings (SSSR count). The summed E-state index contributed by atoms with van der Waals surface area (Å²) in [6, 6.07) is 0. The molecule has 3 atom stereocenters. The summed E-state index contributed by atoms with van der Waals surface area (Å²) in [5.74, 6) is 0.696. The lowest BCUT2D eigenvalue weighted by atomic mass is 9.69. The molecule has 0 aromatic rings. The predicted octanol–water partition coefficient (Wildman–Crippen LogP) is 2.90. The number of methoxy groups -OCH3 is 1. The molecular weight excluding hydrogens is 188 g/mol. The van der Waals surface area contributed by atoms with Crippen molar-refractivity contribution in [1.29, 1.82) is 0 Å². The predicted molar refractivity (Wildman–Crippen MR) is 58.8 cm³/mol. The first-order valence-electron chi connectivity index (χ1n) is 6.55. The van der Waals surface area contributed by atoms with E-state index in [0.29, 0.717) is 18.1 Å². The van der Waals surface area contributed by atoms with Crippen molar-refractivity contribution in [2.45, 2.75) is 69.2 Å². The minimum absolute atomic E-state index is 0.179. The Bertz CT molecular complexity index is 233. The van der Waals surface area contributed by atoms with Crippen LogP contribution in [0.15, 0.2) is 0 Å². The van der Waals surface area contributed by atoms with E-state index in [0.717, 1.165) is 0 Å². The summed E-state index contributed by atoms with van der Waals surface area (Å²) in [7, 11) is 1.91. The lowest BCUT2D eigenvalue weighted by Crippen LogP contribution is -2.46. The lowest BCUT2D eigenvalue weighted by Gasteiger charge is -2.43. The average Bonchev–Trinajstić information content (AvgIpc) is 2.92. The van der Waals surface area contributed by atoms with Gasteiger partial charge in [0.1, 0.15) is 0 Å². The van der Waals surface area contributed by atoms with Gasteiger partial charge in [-0.3, -0.25) is 0 Å². The Kier molecular flexibility index (Phi) is 2.52. The highest BCUT2D eigenvalue weighted by Gasteiger charge is 2.52. The van der Waals surface area contributed by atoms with Crippen molar-refractivity contribution in [3.63, 3.8) is 0 Å². The third-order valence-electron chi connectivity index (χ3n) is 4.89. The number of hydrogen-bond donors (Lipinski definition) is 0. The Labute approximate surface area is 92.3 Å². The van der Waals surface area contributed by atoms with Gasteiger partial charge in [-0.1, -0.05) is 19.3 Å². The number of hydrogen-bond acceptors (Lipinski definition) is 2. The molecule has 86 valence electrons. The molecule has 15 heavy (non-hydrogen) atoms. The van der Waals surface area contributed by atoms with Gasteiger partial charge in [0.2, 0.25) is 0 Å². The van der Waals surface area contributed by atoms with E-state index in [-0.39, 0.29) is 5.60 Å². The van der Waals surface area contributed by atoms with Gasteiger partial charge >= 0.3 is 0 Å². The van der Waals surface area contributed by atoms with Crippen LogP contribution in [0.1, 0.15) is 51.4 Å². The molecule has 3 aliphatic rings. The minimum Gasteiger partial charge on any atom is -0.378 e. The van der Waals surface area contributed by atoms with Gasteiger partial charge in [0.05, 0.1) is 17.8 Å². The van der Waals surface area contributed by atoms with Crippen LogP contribution in [0.4, 0.5) is 0 Å². The van der Waals surface area contributed by atoms with Crippen LogP contribution in [0.5, 0.6) is 0 Å². The van der Waals surface area contributed by atoms with E-state index >= 15 is 0 Å². The molecule has 2 saturated heterocycles. The monoisotopic (exact) mass is 210 g/mol. The van der Waals surface area contributed by atoms with Crippen molar-refractivity contribution in [2.75, 3.05) is 7.11 Å². The molecule has 2 aliphatic heterocycles. The summed E-state index contributed by atoms with van der Waals surface area (Å²) in [5.41, 5.74) is 0.179. The lowest BCUT2D eigenvalue weighted by molar-refractivity contribution is -0.101. The Morgan fingerprint density at radius 1 is 1.13 bits per heavy atom. The van der Waals surface area contributed by atoms with Crippen LogP contribution in [0.2, 0.25) is 0 Å². The van der Waals surface area contributed by atoms with Gasteiger partial charge in [0, 0.05) is 13.0 Å². The van der Waals surface area contributed by atoms with Crippen molar-refractivity contribution < 1.29 is 9.47 Å². The number of ether oxygens (including phenoxy) is 2. The van der Waals surface area contributed by atoms with Gasteiger partial charge in [0.25, 0.3) is 0 Å². The van der Waals surface area contributed by atoms with Crippen LogP contribution < -0.4 is 0 Å². The molecule has 0 amide bonds. The maximum absolute atomic E-state index is 5.98. The molecule has 1 saturated carbocycles. The smallest absolute Gasteiger partial charge is 0.0732 e. The third-order valence-corrected chi connectivity index (χ3v) is 4.89. The highest BCUT2D eigenvalue weighted by molar-refractivity contribution is 5.01. The molecule has 1 aliphatic carbocycles. The van der Waals surface area contributed by atoms with Crippen LogP contribution in [-0.4, -0.2) is 24.9 Å². The van der Waals surface area contributed by atoms with Crippen LogP contribution in [-0.2, 0) is 9.47 Å². The first kappa shape index (κ1) is 10.1. The quantitative estimate of drug-likeness (QED) is 0.697. The molecule has 0 N–H and O–H groups in total. The highest BCUT2D eigenvalue weighted by Crippen LogP contribution is 2.49. The van der Waals surface area contributed by atoms with Crippen LogP contribution in [0, 0.1) is 5.92 Å². The molecule has 2 heteroatoms. The maximum atomic E-state index is 5.98. The normalized spacial score (nSPS) is 43.4. The van der Waals surface area contributed by atoms with Gasteiger partial charge in [-0.2, -0.15) is 0 Å². The Morgan fingerprint density at radius 2 is 1.93 bits per heavy atom. The molecule has 3 unspecified atom stereocenters. The first-order valence-corrected chi connectivity index (χ1v) is 6.55. The fraction of sp³-hybridized carbons (Fsp3) is 1.00. The van der Waals surface area contributed by atoms with Crippen molar-refractivity contribution in [1.82, 2.24) is 0 Å². The summed E-state index contributed by atoms with van der Waals surface area (Å²) in [6.45, 7) is 0. The zero-order valence-electron chi connectivity index (χ0n) is 9.71. The van der Waals surface area contributed by atoms with Gasteiger partial charge in [-0.05, 0) is 32.1 Å². The first-order chi connectivity index (χ1) is 7.34. The maximum Gasteiger partial charge on any atom is 0.0732 e. The highest BCUT2D eigenvalue weighted by atomic mass is 16.5. The van der Waals surface area contributed by atoms with E-state index < -0.39 is 0 Å². The molecule has 2 heterocycles. The van der Waals surface area contributed by atoms with Crippen LogP contribution >= 0.6 is 0 Å². The zero-order valence-corrected chi connectivity index (χ0v) is 9.71. The van der Waals surface area contributed by atoms with Crippen molar-refractivity contribution in [2.24, 2.45) is 5.92 Å². The van der Waals surface area contributed by atoms with E-state index in [1.54, 1.807) is 0 Å². The van der Waals surface area contributed by atoms with Crippen molar-refractivity contribution in [3.05, 3.63) is 0 Å². The van der Waals surface area contributed by atoms with E-state index in [1.807, 2.05) is 7.11 Å². The second-order valence-corrected chi connectivity index (χ2v) is 5.55. The number of fused-ring (bicyclic) bond motifs is 2. The van der Waals surface area contributed by atoms with E-state index in [9.17, 15) is 0 Å². The molecule has 0 spiro atoms. The number of rotatable bonds is 2. The molecule has 2 bridgehead atoms. The summed E-state index contributed by atoms with van der Waals surface area (Å²) in [6.07, 6.45) is 11.5. The summed E-state index contributed by atoms with van der Waals surface area (Å²) >= 11 is 0. The van der Waals surface area contributed by atoms with Crippen LogP contribution in [0.3, 0.4) is 0 Å². The minimum atomic E-state index is 0.179. The molecule has 0 aromatic heterocycles. The summed E-state index contributed by atoms with van der Waals surface area (Å²) in [5, 5.41) is 0. The topological polar surface area (TPSA) is 18.5 Å². The van der Waals surface area contributed by atoms with Gasteiger partial charge in [-0.15, -0.1) is 0 Å². The Balaban J connectivity index is 1.77. The molecule has 2 nitrogen and oxygen atoms in total. The van der Waals surface area contributed by atoms with E-state index in [2.05, 4.69) is 0 Å². The summed E-state index contributed by atoms with van der Waals surface area (Å²) in [4.78, 5) is 0. The van der Waals surface area contributed by atoms with E-state index in [1.165, 1.54) is 51.4 Å². The van der Waals surface area contributed by atoms with Crippen molar-refractivity contribution >= 4 is 0 Å². The molecule has 0 radical (unpaired) electrons. The Hall–Kier alpha value is -0.0800.